The van der Waals surface area contributed by atoms with Crippen molar-refractivity contribution >= 4 is 11.8 Å². The summed E-state index contributed by atoms with van der Waals surface area (Å²) in [6, 6.07) is 14.3. The zero-order valence-electron chi connectivity index (χ0n) is 18.2. The highest BCUT2D eigenvalue weighted by Crippen LogP contribution is 2.32. The van der Waals surface area contributed by atoms with E-state index in [4.69, 9.17) is 18.9 Å². The molecule has 0 aromatic heterocycles. The van der Waals surface area contributed by atoms with Crippen LogP contribution in [-0.4, -0.2) is 49.3 Å². The Bertz CT molecular complexity index is 888. The number of carbonyl (C=O) groups is 2. The highest BCUT2D eigenvalue weighted by molar-refractivity contribution is 5.84. The number of amides is 2. The third-order valence-corrected chi connectivity index (χ3v) is 5.53. The van der Waals surface area contributed by atoms with Gasteiger partial charge in [-0.3, -0.25) is 9.59 Å². The van der Waals surface area contributed by atoms with E-state index in [-0.39, 0.29) is 48.9 Å². The van der Waals surface area contributed by atoms with Crippen LogP contribution >= 0.6 is 0 Å². The van der Waals surface area contributed by atoms with Gasteiger partial charge in [-0.2, -0.15) is 0 Å². The van der Waals surface area contributed by atoms with Crippen molar-refractivity contribution in [3.05, 3.63) is 48.5 Å². The lowest BCUT2D eigenvalue weighted by atomic mass is 10.1. The molecule has 0 spiro atoms. The minimum absolute atomic E-state index is 0.0813. The Kier molecular flexibility index (Phi) is 6.68. The van der Waals surface area contributed by atoms with E-state index in [0.29, 0.717) is 36.2 Å². The van der Waals surface area contributed by atoms with Crippen LogP contribution in [0.25, 0.3) is 0 Å². The van der Waals surface area contributed by atoms with Crippen LogP contribution in [0.1, 0.15) is 26.7 Å². The minimum atomic E-state index is -0.297. The predicted molar refractivity (Wildman–Crippen MR) is 117 cm³/mol. The maximum Gasteiger partial charge on any atom is 0.220 e. The molecule has 32 heavy (non-hydrogen) atoms. The fourth-order valence-electron chi connectivity index (χ4n) is 3.63. The molecule has 0 bridgehead atoms. The lowest BCUT2D eigenvalue weighted by Gasteiger charge is -2.31. The van der Waals surface area contributed by atoms with Crippen molar-refractivity contribution in [2.24, 2.45) is 0 Å². The van der Waals surface area contributed by atoms with Crippen LogP contribution in [0.3, 0.4) is 0 Å². The molecule has 0 saturated heterocycles. The monoisotopic (exact) mass is 440 g/mol. The van der Waals surface area contributed by atoms with Gasteiger partial charge in [0.15, 0.2) is 35.2 Å². The lowest BCUT2D eigenvalue weighted by Crippen LogP contribution is -2.49. The highest BCUT2D eigenvalue weighted by atomic mass is 16.6. The van der Waals surface area contributed by atoms with Crippen molar-refractivity contribution in [3.63, 3.8) is 0 Å². The summed E-state index contributed by atoms with van der Waals surface area (Å²) in [7, 11) is 0. The molecule has 2 N–H and O–H groups in total. The molecule has 0 fully saturated rings. The molecule has 8 heteroatoms. The number of benzene rings is 2. The molecule has 2 aliphatic heterocycles. The average Bonchev–Trinajstić information content (AvgIpc) is 2.82. The third kappa shape index (κ3) is 5.25. The molecule has 170 valence electrons. The van der Waals surface area contributed by atoms with Crippen molar-refractivity contribution in [2.75, 3.05) is 13.2 Å². The summed E-state index contributed by atoms with van der Waals surface area (Å²) in [4.78, 5) is 24.7. The zero-order chi connectivity index (χ0) is 22.5. The van der Waals surface area contributed by atoms with Crippen molar-refractivity contribution in [1.82, 2.24) is 10.6 Å². The minimum Gasteiger partial charge on any atom is -0.486 e. The Morgan fingerprint density at radius 1 is 0.750 bits per heavy atom. The Balaban J connectivity index is 1.18. The fourth-order valence-corrected chi connectivity index (χ4v) is 3.63. The van der Waals surface area contributed by atoms with Crippen LogP contribution < -0.4 is 29.6 Å². The van der Waals surface area contributed by atoms with Crippen molar-refractivity contribution in [3.8, 4) is 23.0 Å². The second-order valence-corrected chi connectivity index (χ2v) is 8.04. The number of hydrogen-bond acceptors (Lipinski definition) is 6. The van der Waals surface area contributed by atoms with Crippen molar-refractivity contribution in [1.29, 1.82) is 0 Å². The van der Waals surface area contributed by atoms with Crippen LogP contribution in [0.4, 0.5) is 0 Å². The van der Waals surface area contributed by atoms with Gasteiger partial charge in [0.05, 0.1) is 12.1 Å². The van der Waals surface area contributed by atoms with Gasteiger partial charge in [0.25, 0.3) is 0 Å². The molecule has 2 aromatic rings. The van der Waals surface area contributed by atoms with Gasteiger partial charge in [-0.1, -0.05) is 24.3 Å². The number of para-hydroxylation sites is 4. The standard InChI is InChI=1S/C24H28N2O6/c1-15(21-13-29-17-7-3-5-9-19(17)31-21)25-23(27)11-12-24(28)26-16(2)22-14-30-18-8-4-6-10-20(18)32-22/h3-10,15-16,21-22H,11-14H2,1-2H3,(H,25,27)(H,26,28)/t15-,16-,21-,22-/m0/s1. The van der Waals surface area contributed by atoms with E-state index in [1.807, 2.05) is 62.4 Å². The lowest BCUT2D eigenvalue weighted by molar-refractivity contribution is -0.128. The molecular weight excluding hydrogens is 412 g/mol. The van der Waals surface area contributed by atoms with Crippen LogP contribution in [0.15, 0.2) is 48.5 Å². The summed E-state index contributed by atoms with van der Waals surface area (Å²) >= 11 is 0. The van der Waals surface area contributed by atoms with Gasteiger partial charge in [0.2, 0.25) is 11.8 Å². The number of carbonyl (C=O) groups excluding carboxylic acids is 2. The van der Waals surface area contributed by atoms with E-state index in [9.17, 15) is 9.59 Å². The SMILES string of the molecule is C[C@H](NC(=O)CCC(=O)N[C@@H](C)[C@@H]1COc2ccccc2O1)[C@@H]1COc2ccccc2O1. The van der Waals surface area contributed by atoms with Gasteiger partial charge in [-0.25, -0.2) is 0 Å². The summed E-state index contributed by atoms with van der Waals surface area (Å²) in [6.45, 7) is 4.42. The first-order valence-corrected chi connectivity index (χ1v) is 10.9. The maximum absolute atomic E-state index is 12.3. The maximum atomic E-state index is 12.3. The fraction of sp³-hybridized carbons (Fsp3) is 0.417. The van der Waals surface area contributed by atoms with E-state index < -0.39 is 0 Å². The quantitative estimate of drug-likeness (QED) is 0.687. The zero-order valence-corrected chi connectivity index (χ0v) is 18.2. The van der Waals surface area contributed by atoms with Gasteiger partial charge < -0.3 is 29.6 Å². The molecule has 0 saturated carbocycles. The first-order valence-electron chi connectivity index (χ1n) is 10.9. The van der Waals surface area contributed by atoms with E-state index in [0.717, 1.165) is 0 Å². The Morgan fingerprint density at radius 2 is 1.12 bits per heavy atom. The van der Waals surface area contributed by atoms with Crippen LogP contribution in [0, 0.1) is 0 Å². The number of rotatable bonds is 7. The van der Waals surface area contributed by atoms with E-state index in [1.54, 1.807) is 0 Å². The first kappa shape index (κ1) is 21.8. The summed E-state index contributed by atoms with van der Waals surface area (Å²) in [5.74, 6) is 2.29. The van der Waals surface area contributed by atoms with Gasteiger partial charge in [0, 0.05) is 12.8 Å². The molecule has 2 aromatic carbocycles. The smallest absolute Gasteiger partial charge is 0.220 e. The molecular formula is C24H28N2O6. The van der Waals surface area contributed by atoms with Crippen molar-refractivity contribution in [2.45, 2.75) is 51.0 Å². The molecule has 0 aliphatic carbocycles. The molecule has 2 amide bonds. The molecule has 8 nitrogen and oxygen atoms in total. The van der Waals surface area contributed by atoms with E-state index in [2.05, 4.69) is 10.6 Å². The summed E-state index contributed by atoms with van der Waals surface area (Å²) in [5.41, 5.74) is 0. The average molecular weight is 440 g/mol. The number of ether oxygens (including phenoxy) is 4. The van der Waals surface area contributed by atoms with E-state index >= 15 is 0 Å². The molecule has 0 radical (unpaired) electrons. The third-order valence-electron chi connectivity index (χ3n) is 5.53. The second kappa shape index (κ2) is 9.80. The summed E-state index contributed by atoms with van der Waals surface area (Å²) in [6.07, 6.45) is -0.432. The Morgan fingerprint density at radius 3 is 1.53 bits per heavy atom. The number of hydrogen-bond donors (Lipinski definition) is 2. The second-order valence-electron chi connectivity index (χ2n) is 8.04. The molecule has 0 unspecified atom stereocenters. The molecule has 4 rings (SSSR count). The van der Waals surface area contributed by atoms with Gasteiger partial charge >= 0.3 is 0 Å². The van der Waals surface area contributed by atoms with Crippen LogP contribution in [-0.2, 0) is 9.59 Å². The van der Waals surface area contributed by atoms with Gasteiger partial charge in [0.1, 0.15) is 13.2 Å². The summed E-state index contributed by atoms with van der Waals surface area (Å²) in [5, 5.41) is 5.79. The Hall–Kier alpha value is -3.42. The van der Waals surface area contributed by atoms with Crippen LogP contribution in [0.5, 0.6) is 23.0 Å². The molecule has 4 atom stereocenters. The van der Waals surface area contributed by atoms with Crippen LogP contribution in [0.2, 0.25) is 0 Å². The highest BCUT2D eigenvalue weighted by Gasteiger charge is 2.28. The summed E-state index contributed by atoms with van der Waals surface area (Å²) < 4.78 is 23.2. The van der Waals surface area contributed by atoms with E-state index in [1.165, 1.54) is 0 Å². The number of fused-ring (bicyclic) bond motifs is 2. The van der Waals surface area contributed by atoms with Gasteiger partial charge in [-0.15, -0.1) is 0 Å². The normalized spacial score (nSPS) is 20.6. The number of nitrogens with one attached hydrogen (secondary N) is 2. The first-order chi connectivity index (χ1) is 15.5. The Labute approximate surface area is 187 Å². The predicted octanol–water partition coefficient (Wildman–Crippen LogP) is 2.46. The van der Waals surface area contributed by atoms with Crippen molar-refractivity contribution < 1.29 is 28.5 Å². The largest absolute Gasteiger partial charge is 0.486 e. The topological polar surface area (TPSA) is 95.1 Å². The molecule has 2 heterocycles. The molecule has 2 aliphatic rings. The van der Waals surface area contributed by atoms with Gasteiger partial charge in [-0.05, 0) is 38.1 Å².